The van der Waals surface area contributed by atoms with E-state index in [-0.39, 0.29) is 0 Å². The van der Waals surface area contributed by atoms with Crippen molar-refractivity contribution in [3.63, 3.8) is 0 Å². The summed E-state index contributed by atoms with van der Waals surface area (Å²) in [6, 6.07) is 0.323. The summed E-state index contributed by atoms with van der Waals surface area (Å²) in [6.07, 6.45) is 5.18. The van der Waals surface area contributed by atoms with Crippen LogP contribution in [0, 0.1) is 0 Å². The number of likely N-dealkylation sites (N-methyl/N-ethyl adjacent to an activating group) is 2. The van der Waals surface area contributed by atoms with Gasteiger partial charge in [0.05, 0.1) is 0 Å². The predicted molar refractivity (Wildman–Crippen MR) is 66.0 cm³/mol. The van der Waals surface area contributed by atoms with Crippen LogP contribution in [0.25, 0.3) is 0 Å². The van der Waals surface area contributed by atoms with Gasteiger partial charge in [-0.15, -0.1) is 0 Å². The number of rotatable bonds is 6. The fraction of sp³-hybridized carbons (Fsp3) is 1.00. The highest BCUT2D eigenvalue weighted by Crippen LogP contribution is 2.36. The maximum atomic E-state index is 5.77. The van der Waals surface area contributed by atoms with Gasteiger partial charge < -0.3 is 15.5 Å². The molecule has 90 valence electrons. The van der Waals surface area contributed by atoms with E-state index in [1.165, 1.54) is 25.8 Å². The second-order valence-electron chi connectivity index (χ2n) is 5.48. The summed E-state index contributed by atoms with van der Waals surface area (Å²) in [4.78, 5) is 4.83. The zero-order chi connectivity index (χ0) is 11.5. The Balaban J connectivity index is 2.32. The lowest BCUT2D eigenvalue weighted by atomic mass is 9.75. The second kappa shape index (κ2) is 5.28. The van der Waals surface area contributed by atoms with Gasteiger partial charge in [0, 0.05) is 18.1 Å². The molecule has 0 aliphatic heterocycles. The molecule has 0 amide bonds. The van der Waals surface area contributed by atoms with Gasteiger partial charge in [0.25, 0.3) is 0 Å². The van der Waals surface area contributed by atoms with Crippen LogP contribution >= 0.6 is 0 Å². The van der Waals surface area contributed by atoms with Gasteiger partial charge in [0.15, 0.2) is 0 Å². The molecule has 3 heteroatoms. The lowest BCUT2D eigenvalue weighted by Gasteiger charge is -2.49. The van der Waals surface area contributed by atoms with E-state index in [0.717, 1.165) is 13.0 Å². The Bertz CT molecular complexity index is 185. The van der Waals surface area contributed by atoms with Crippen LogP contribution in [0.3, 0.4) is 0 Å². The van der Waals surface area contributed by atoms with E-state index in [2.05, 4.69) is 37.9 Å². The average molecular weight is 213 g/mol. The van der Waals surface area contributed by atoms with Gasteiger partial charge >= 0.3 is 0 Å². The summed E-state index contributed by atoms with van der Waals surface area (Å²) in [5, 5.41) is 0. The van der Waals surface area contributed by atoms with E-state index >= 15 is 0 Å². The van der Waals surface area contributed by atoms with Crippen LogP contribution in [0.15, 0.2) is 0 Å². The Morgan fingerprint density at radius 1 is 1.27 bits per heavy atom. The van der Waals surface area contributed by atoms with Crippen LogP contribution in [0.4, 0.5) is 0 Å². The van der Waals surface area contributed by atoms with E-state index < -0.39 is 0 Å². The van der Waals surface area contributed by atoms with Crippen molar-refractivity contribution < 1.29 is 0 Å². The quantitative estimate of drug-likeness (QED) is 0.718. The summed E-state index contributed by atoms with van der Waals surface area (Å²) >= 11 is 0. The first kappa shape index (κ1) is 12.9. The lowest BCUT2D eigenvalue weighted by Crippen LogP contribution is -2.56. The first-order valence-corrected chi connectivity index (χ1v) is 6.08. The van der Waals surface area contributed by atoms with Crippen molar-refractivity contribution in [1.29, 1.82) is 0 Å². The lowest BCUT2D eigenvalue weighted by molar-refractivity contribution is 0.0273. The molecular weight excluding hydrogens is 186 g/mol. The molecule has 3 nitrogen and oxygen atoms in total. The van der Waals surface area contributed by atoms with Crippen molar-refractivity contribution in [2.24, 2.45) is 5.73 Å². The van der Waals surface area contributed by atoms with Gasteiger partial charge in [-0.2, -0.15) is 0 Å². The third-order valence-corrected chi connectivity index (χ3v) is 3.76. The SMILES string of the molecule is CC(N)CCN(C)CC1(N(C)C)CCC1. The maximum absolute atomic E-state index is 5.77. The Kier molecular flexibility index (Phi) is 4.56. The van der Waals surface area contributed by atoms with Gasteiger partial charge in [-0.1, -0.05) is 0 Å². The predicted octanol–water partition coefficient (Wildman–Crippen LogP) is 1.14. The third-order valence-electron chi connectivity index (χ3n) is 3.76. The molecule has 1 aliphatic carbocycles. The minimum absolute atomic E-state index is 0.323. The number of hydrogen-bond donors (Lipinski definition) is 1. The second-order valence-corrected chi connectivity index (χ2v) is 5.48. The Morgan fingerprint density at radius 2 is 1.87 bits per heavy atom. The van der Waals surface area contributed by atoms with Crippen molar-refractivity contribution in [2.75, 3.05) is 34.2 Å². The number of nitrogens with zero attached hydrogens (tertiary/aromatic N) is 2. The zero-order valence-corrected chi connectivity index (χ0v) is 10.8. The molecule has 0 radical (unpaired) electrons. The van der Waals surface area contributed by atoms with Crippen molar-refractivity contribution in [2.45, 2.75) is 44.2 Å². The molecule has 0 aromatic heterocycles. The minimum atomic E-state index is 0.323. The van der Waals surface area contributed by atoms with Crippen molar-refractivity contribution in [1.82, 2.24) is 9.80 Å². The van der Waals surface area contributed by atoms with Gasteiger partial charge in [-0.25, -0.2) is 0 Å². The highest BCUT2D eigenvalue weighted by molar-refractivity contribution is 4.97. The van der Waals surface area contributed by atoms with E-state index in [1.807, 2.05) is 0 Å². The molecule has 1 rings (SSSR count). The van der Waals surface area contributed by atoms with Gasteiger partial charge in [-0.3, -0.25) is 0 Å². The molecule has 1 atom stereocenters. The van der Waals surface area contributed by atoms with Crippen LogP contribution in [-0.4, -0.2) is 55.6 Å². The van der Waals surface area contributed by atoms with Crippen LogP contribution < -0.4 is 5.73 Å². The first-order valence-electron chi connectivity index (χ1n) is 6.08. The van der Waals surface area contributed by atoms with E-state index in [4.69, 9.17) is 5.73 Å². The van der Waals surface area contributed by atoms with Gasteiger partial charge in [-0.05, 0) is 60.3 Å². The molecule has 0 spiro atoms. The minimum Gasteiger partial charge on any atom is -0.328 e. The number of hydrogen-bond acceptors (Lipinski definition) is 3. The largest absolute Gasteiger partial charge is 0.328 e. The van der Waals surface area contributed by atoms with E-state index in [9.17, 15) is 0 Å². The standard InChI is InChI=1S/C12H27N3/c1-11(13)6-9-15(4)10-12(14(2)3)7-5-8-12/h11H,5-10,13H2,1-4H3. The Labute approximate surface area is 94.6 Å². The molecule has 0 bridgehead atoms. The topological polar surface area (TPSA) is 32.5 Å². The normalized spacial score (nSPS) is 21.8. The molecular formula is C12H27N3. The van der Waals surface area contributed by atoms with Crippen molar-refractivity contribution in [3.8, 4) is 0 Å². The summed E-state index contributed by atoms with van der Waals surface area (Å²) in [5.74, 6) is 0. The summed E-state index contributed by atoms with van der Waals surface area (Å²) < 4.78 is 0. The highest BCUT2D eigenvalue weighted by Gasteiger charge is 2.39. The molecule has 0 aromatic carbocycles. The molecule has 0 saturated heterocycles. The van der Waals surface area contributed by atoms with Crippen LogP contribution in [0.2, 0.25) is 0 Å². The molecule has 0 heterocycles. The fourth-order valence-electron chi connectivity index (χ4n) is 2.34. The number of nitrogens with two attached hydrogens (primary N) is 1. The fourth-order valence-corrected chi connectivity index (χ4v) is 2.34. The average Bonchev–Trinajstić information content (AvgIpc) is 2.07. The monoisotopic (exact) mass is 213 g/mol. The molecule has 1 fully saturated rings. The summed E-state index contributed by atoms with van der Waals surface area (Å²) in [7, 11) is 6.63. The van der Waals surface area contributed by atoms with Crippen molar-refractivity contribution in [3.05, 3.63) is 0 Å². The Morgan fingerprint density at radius 3 is 2.20 bits per heavy atom. The molecule has 1 saturated carbocycles. The van der Waals surface area contributed by atoms with E-state index in [0.29, 0.717) is 11.6 Å². The van der Waals surface area contributed by atoms with E-state index in [1.54, 1.807) is 0 Å². The molecule has 1 unspecified atom stereocenters. The third kappa shape index (κ3) is 3.44. The van der Waals surface area contributed by atoms with Crippen LogP contribution in [0.1, 0.15) is 32.6 Å². The maximum Gasteiger partial charge on any atom is 0.0330 e. The molecule has 2 N–H and O–H groups in total. The molecule has 1 aliphatic rings. The molecule has 15 heavy (non-hydrogen) atoms. The van der Waals surface area contributed by atoms with Gasteiger partial charge in [0.1, 0.15) is 0 Å². The summed E-state index contributed by atoms with van der Waals surface area (Å²) in [6.45, 7) is 4.39. The van der Waals surface area contributed by atoms with Crippen LogP contribution in [0.5, 0.6) is 0 Å². The highest BCUT2D eigenvalue weighted by atomic mass is 15.2. The van der Waals surface area contributed by atoms with Gasteiger partial charge in [0.2, 0.25) is 0 Å². The first-order chi connectivity index (χ1) is 6.96. The molecule has 0 aromatic rings. The summed E-state index contributed by atoms with van der Waals surface area (Å²) in [5.41, 5.74) is 6.22. The smallest absolute Gasteiger partial charge is 0.0330 e. The Hall–Kier alpha value is -0.120. The van der Waals surface area contributed by atoms with Crippen LogP contribution in [-0.2, 0) is 0 Å². The van der Waals surface area contributed by atoms with Crippen molar-refractivity contribution >= 4 is 0 Å². The zero-order valence-electron chi connectivity index (χ0n) is 10.8.